The second kappa shape index (κ2) is 7.57. The van der Waals surface area contributed by atoms with Crippen LogP contribution < -0.4 is 0 Å². The van der Waals surface area contributed by atoms with Gasteiger partial charge in [0.2, 0.25) is 18.0 Å². The summed E-state index contributed by atoms with van der Waals surface area (Å²) in [6.45, 7) is 1.47. The summed E-state index contributed by atoms with van der Waals surface area (Å²) in [5.74, 6) is 0.163. The largest absolute Gasteiger partial charge is 0.446 e. The number of carbonyl (C=O) groups is 1. The number of aromatic nitrogens is 3. The van der Waals surface area contributed by atoms with Gasteiger partial charge in [-0.05, 0) is 35.7 Å². The van der Waals surface area contributed by atoms with Crippen LogP contribution in [0.5, 0.6) is 0 Å². The number of carbonyl (C=O) groups excluding carboxylic acids is 1. The van der Waals surface area contributed by atoms with Gasteiger partial charge < -0.3 is 4.74 Å². The van der Waals surface area contributed by atoms with Gasteiger partial charge in [0.15, 0.2) is 0 Å². The molecular formula is C22H17N5O2S. The highest BCUT2D eigenvalue weighted by Crippen LogP contribution is 2.37. The average molecular weight is 415 g/mol. The molecule has 1 aliphatic rings. The topological polar surface area (TPSA) is 72.6 Å². The number of pyridine rings is 1. The number of rotatable bonds is 4. The molecule has 0 saturated carbocycles. The van der Waals surface area contributed by atoms with Gasteiger partial charge in [-0.3, -0.25) is 9.78 Å². The van der Waals surface area contributed by atoms with Gasteiger partial charge >= 0.3 is 0 Å². The molecule has 1 amide bonds. The van der Waals surface area contributed by atoms with E-state index in [0.717, 1.165) is 27.4 Å². The fourth-order valence-electron chi connectivity index (χ4n) is 3.27. The summed E-state index contributed by atoms with van der Waals surface area (Å²) in [7, 11) is 0. The van der Waals surface area contributed by atoms with Crippen LogP contribution in [-0.4, -0.2) is 31.6 Å². The van der Waals surface area contributed by atoms with Crippen molar-refractivity contribution >= 4 is 23.1 Å². The lowest BCUT2D eigenvalue weighted by atomic mass is 10.2. The first-order chi connectivity index (χ1) is 14.7. The summed E-state index contributed by atoms with van der Waals surface area (Å²) in [6, 6.07) is 17.4. The van der Waals surface area contributed by atoms with Crippen LogP contribution in [0.25, 0.3) is 16.3 Å². The molecule has 30 heavy (non-hydrogen) atoms. The van der Waals surface area contributed by atoms with E-state index in [0.29, 0.717) is 5.90 Å². The molecule has 148 valence electrons. The maximum Gasteiger partial charge on any atom is 0.243 e. The van der Waals surface area contributed by atoms with Crippen LogP contribution in [0.2, 0.25) is 0 Å². The third kappa shape index (κ3) is 3.27. The third-order valence-electron chi connectivity index (χ3n) is 4.68. The van der Waals surface area contributed by atoms with Crippen molar-refractivity contribution < 1.29 is 9.53 Å². The van der Waals surface area contributed by atoms with Gasteiger partial charge in [0, 0.05) is 31.1 Å². The van der Waals surface area contributed by atoms with Crippen molar-refractivity contribution in [3.63, 3.8) is 0 Å². The minimum Gasteiger partial charge on any atom is -0.446 e. The number of thiophene rings is 1. The minimum absolute atomic E-state index is 0.214. The predicted molar refractivity (Wildman–Crippen MR) is 114 cm³/mol. The number of para-hydroxylation sites is 1. The van der Waals surface area contributed by atoms with E-state index in [1.807, 2.05) is 54.0 Å². The lowest BCUT2D eigenvalue weighted by molar-refractivity contribution is -0.135. The summed E-state index contributed by atoms with van der Waals surface area (Å²) in [5, 5.41) is 12.6. The second-order valence-electron chi connectivity index (χ2n) is 6.67. The SMILES string of the molecule is CC(=O)N1N=C(c2ccncc2)O[C@@H]1c1cn(-c2ccccc2)nc1-c1cccs1. The standard InChI is InChI=1S/C22H17N5O2S/c1-15(28)27-22(29-21(25-27)16-9-11-23-12-10-16)18-14-26(17-6-3-2-4-7-17)24-20(18)19-8-5-13-30-19/h2-14,22H,1H3/t22-/m1/s1. The summed E-state index contributed by atoms with van der Waals surface area (Å²) in [6.07, 6.45) is 4.52. The molecule has 1 aliphatic heterocycles. The first kappa shape index (κ1) is 18.3. The van der Waals surface area contributed by atoms with Gasteiger partial charge in [0.05, 0.1) is 16.1 Å². The Morgan fingerprint density at radius 2 is 1.87 bits per heavy atom. The molecule has 0 saturated heterocycles. The van der Waals surface area contributed by atoms with Crippen molar-refractivity contribution in [3.05, 3.63) is 89.7 Å². The summed E-state index contributed by atoms with van der Waals surface area (Å²) in [5.41, 5.74) is 3.21. The van der Waals surface area contributed by atoms with Gasteiger partial charge in [0.25, 0.3) is 0 Å². The Labute approximate surface area is 176 Å². The molecule has 0 unspecified atom stereocenters. The third-order valence-corrected chi connectivity index (χ3v) is 5.55. The molecule has 7 nitrogen and oxygen atoms in total. The lowest BCUT2D eigenvalue weighted by Crippen LogP contribution is -2.25. The zero-order valence-electron chi connectivity index (χ0n) is 16.0. The number of benzene rings is 1. The summed E-state index contributed by atoms with van der Waals surface area (Å²) in [4.78, 5) is 17.4. The summed E-state index contributed by atoms with van der Waals surface area (Å²) < 4.78 is 7.98. The Balaban J connectivity index is 1.60. The predicted octanol–water partition coefficient (Wildman–Crippen LogP) is 4.23. The molecule has 4 aromatic rings. The zero-order valence-corrected chi connectivity index (χ0v) is 16.9. The van der Waals surface area contributed by atoms with E-state index in [9.17, 15) is 4.79 Å². The number of hydrazone groups is 1. The van der Waals surface area contributed by atoms with Crippen LogP contribution in [0.1, 0.15) is 24.3 Å². The molecule has 8 heteroatoms. The van der Waals surface area contributed by atoms with Crippen molar-refractivity contribution in [3.8, 4) is 16.3 Å². The number of ether oxygens (including phenoxy) is 1. The van der Waals surface area contributed by atoms with E-state index in [2.05, 4.69) is 10.1 Å². The van der Waals surface area contributed by atoms with Gasteiger partial charge in [-0.1, -0.05) is 24.3 Å². The quantitative estimate of drug-likeness (QED) is 0.500. The maximum atomic E-state index is 12.4. The number of hydrogen-bond acceptors (Lipinski definition) is 6. The average Bonchev–Trinajstić information content (AvgIpc) is 3.53. The van der Waals surface area contributed by atoms with Crippen molar-refractivity contribution in [2.24, 2.45) is 5.10 Å². The molecular weight excluding hydrogens is 398 g/mol. The fraction of sp³-hybridized carbons (Fsp3) is 0.0909. The molecule has 1 aromatic carbocycles. The van der Waals surface area contributed by atoms with Crippen LogP contribution >= 0.6 is 11.3 Å². The molecule has 0 fully saturated rings. The molecule has 0 bridgehead atoms. The highest BCUT2D eigenvalue weighted by Gasteiger charge is 2.36. The van der Waals surface area contributed by atoms with E-state index in [1.165, 1.54) is 11.9 Å². The van der Waals surface area contributed by atoms with Crippen LogP contribution in [-0.2, 0) is 9.53 Å². The van der Waals surface area contributed by atoms with Crippen molar-refractivity contribution in [2.75, 3.05) is 0 Å². The second-order valence-corrected chi connectivity index (χ2v) is 7.61. The Kier molecular flexibility index (Phi) is 4.61. The highest BCUT2D eigenvalue weighted by molar-refractivity contribution is 7.13. The Morgan fingerprint density at radius 1 is 1.07 bits per heavy atom. The Bertz CT molecular complexity index is 1200. The number of nitrogens with zero attached hydrogens (tertiary/aromatic N) is 5. The molecule has 0 N–H and O–H groups in total. The van der Waals surface area contributed by atoms with Gasteiger partial charge in [-0.15, -0.1) is 16.4 Å². The van der Waals surface area contributed by atoms with Crippen molar-refractivity contribution in [1.29, 1.82) is 0 Å². The van der Waals surface area contributed by atoms with Crippen LogP contribution in [0.3, 0.4) is 0 Å². The van der Waals surface area contributed by atoms with E-state index < -0.39 is 6.23 Å². The minimum atomic E-state index is -0.708. The van der Waals surface area contributed by atoms with Crippen LogP contribution in [0.4, 0.5) is 0 Å². The van der Waals surface area contributed by atoms with Gasteiger partial charge in [0.1, 0.15) is 5.69 Å². The van der Waals surface area contributed by atoms with Crippen LogP contribution in [0.15, 0.2) is 83.7 Å². The van der Waals surface area contributed by atoms with Crippen LogP contribution in [0, 0.1) is 0 Å². The maximum absolute atomic E-state index is 12.4. The highest BCUT2D eigenvalue weighted by atomic mass is 32.1. The molecule has 3 aromatic heterocycles. The van der Waals surface area contributed by atoms with Gasteiger partial charge in [-0.25, -0.2) is 4.68 Å². The normalized spacial score (nSPS) is 15.7. The Hall–Kier alpha value is -3.78. The first-order valence-electron chi connectivity index (χ1n) is 9.35. The number of hydrogen-bond donors (Lipinski definition) is 0. The molecule has 5 rings (SSSR count). The Morgan fingerprint density at radius 3 is 2.57 bits per heavy atom. The first-order valence-corrected chi connectivity index (χ1v) is 10.2. The van der Waals surface area contributed by atoms with E-state index in [-0.39, 0.29) is 5.91 Å². The molecule has 4 heterocycles. The van der Waals surface area contributed by atoms with Gasteiger partial charge in [-0.2, -0.15) is 10.1 Å². The monoisotopic (exact) mass is 415 g/mol. The smallest absolute Gasteiger partial charge is 0.243 e. The molecule has 0 spiro atoms. The molecule has 1 atom stereocenters. The molecule has 0 aliphatic carbocycles. The van der Waals surface area contributed by atoms with E-state index in [1.54, 1.807) is 40.5 Å². The van der Waals surface area contributed by atoms with E-state index >= 15 is 0 Å². The zero-order chi connectivity index (χ0) is 20.5. The summed E-state index contributed by atoms with van der Waals surface area (Å²) >= 11 is 1.58. The van der Waals surface area contributed by atoms with Crippen molar-refractivity contribution in [2.45, 2.75) is 13.2 Å². The number of amides is 1. The lowest BCUT2D eigenvalue weighted by Gasteiger charge is -2.18. The van der Waals surface area contributed by atoms with E-state index in [4.69, 9.17) is 9.84 Å². The molecule has 0 radical (unpaired) electrons. The fourth-order valence-corrected chi connectivity index (χ4v) is 4.00. The van der Waals surface area contributed by atoms with Crippen molar-refractivity contribution in [1.82, 2.24) is 19.8 Å².